The topological polar surface area (TPSA) is 81.6 Å². The van der Waals surface area contributed by atoms with E-state index in [2.05, 4.69) is 0 Å². The fourth-order valence-electron chi connectivity index (χ4n) is 1.84. The predicted molar refractivity (Wildman–Crippen MR) is 78.3 cm³/mol. The number of benzene rings is 1. The van der Waals surface area contributed by atoms with E-state index in [0.29, 0.717) is 12.3 Å². The summed E-state index contributed by atoms with van der Waals surface area (Å²) in [5.74, 6) is -0.855. The van der Waals surface area contributed by atoms with Gasteiger partial charge >= 0.3 is 0 Å². The number of carbonyl (C=O) groups excluding carboxylic acids is 1. The van der Waals surface area contributed by atoms with Crippen LogP contribution in [0, 0.1) is 5.82 Å². The van der Waals surface area contributed by atoms with Gasteiger partial charge in [-0.25, -0.2) is 4.39 Å². The molecular formula is C14H22FN3O2. The van der Waals surface area contributed by atoms with Crippen molar-refractivity contribution in [3.8, 4) is 5.75 Å². The molecule has 0 aliphatic rings. The first-order valence-corrected chi connectivity index (χ1v) is 6.63. The maximum atomic E-state index is 13.8. The second-order valence-electron chi connectivity index (χ2n) is 4.88. The summed E-state index contributed by atoms with van der Waals surface area (Å²) in [7, 11) is 0. The quantitative estimate of drug-likeness (QED) is 0.749. The number of nitrogens with two attached hydrogens (primary N) is 2. The van der Waals surface area contributed by atoms with Gasteiger partial charge in [-0.05, 0) is 20.3 Å². The fraction of sp³-hybridized carbons (Fsp3) is 0.500. The van der Waals surface area contributed by atoms with Crippen LogP contribution in [0.25, 0.3) is 0 Å². The average molecular weight is 283 g/mol. The number of hydrogen-bond donors (Lipinski definition) is 2. The van der Waals surface area contributed by atoms with Gasteiger partial charge in [-0.2, -0.15) is 0 Å². The smallest absolute Gasteiger partial charge is 0.236 e. The number of nitrogen functional groups attached to an aromatic ring is 1. The number of carbonyl (C=O) groups is 1. The molecule has 0 aliphatic carbocycles. The van der Waals surface area contributed by atoms with Crippen molar-refractivity contribution in [1.29, 1.82) is 0 Å². The summed E-state index contributed by atoms with van der Waals surface area (Å²) >= 11 is 0. The van der Waals surface area contributed by atoms with E-state index in [9.17, 15) is 9.18 Å². The van der Waals surface area contributed by atoms with Crippen LogP contribution in [-0.2, 0) is 4.79 Å². The molecule has 112 valence electrons. The highest BCUT2D eigenvalue weighted by Gasteiger charge is 2.18. The van der Waals surface area contributed by atoms with Crippen LogP contribution < -0.4 is 21.1 Å². The van der Waals surface area contributed by atoms with Crippen molar-refractivity contribution >= 4 is 17.3 Å². The molecule has 0 saturated carbocycles. The van der Waals surface area contributed by atoms with Gasteiger partial charge in [0.1, 0.15) is 0 Å². The SMILES string of the molecule is CCCOc1cc(N(CC(N)=O)C(C)C)c(N)cc1F. The molecule has 20 heavy (non-hydrogen) atoms. The van der Waals surface area contributed by atoms with Crippen LogP contribution in [0.3, 0.4) is 0 Å². The van der Waals surface area contributed by atoms with Crippen LogP contribution in [0.2, 0.25) is 0 Å². The summed E-state index contributed by atoms with van der Waals surface area (Å²) in [6.45, 7) is 6.17. The van der Waals surface area contributed by atoms with E-state index in [1.165, 1.54) is 12.1 Å². The zero-order valence-electron chi connectivity index (χ0n) is 12.1. The van der Waals surface area contributed by atoms with Crippen LogP contribution in [0.1, 0.15) is 27.2 Å². The molecule has 0 saturated heterocycles. The minimum absolute atomic E-state index is 0.00529. The number of primary amides is 1. The molecule has 0 bridgehead atoms. The first-order chi connectivity index (χ1) is 9.36. The lowest BCUT2D eigenvalue weighted by Gasteiger charge is -2.29. The van der Waals surface area contributed by atoms with Gasteiger partial charge < -0.3 is 21.1 Å². The van der Waals surface area contributed by atoms with Crippen LogP contribution >= 0.6 is 0 Å². The molecule has 0 aliphatic heterocycles. The van der Waals surface area contributed by atoms with E-state index in [-0.39, 0.29) is 24.0 Å². The Balaban J connectivity index is 3.16. The Kier molecular flexibility index (Phi) is 5.61. The molecule has 0 radical (unpaired) electrons. The average Bonchev–Trinajstić information content (AvgIpc) is 2.35. The number of rotatable bonds is 7. The van der Waals surface area contributed by atoms with Crippen molar-refractivity contribution in [2.24, 2.45) is 5.73 Å². The normalized spacial score (nSPS) is 10.7. The fourth-order valence-corrected chi connectivity index (χ4v) is 1.84. The zero-order valence-corrected chi connectivity index (χ0v) is 12.1. The summed E-state index contributed by atoms with van der Waals surface area (Å²) in [4.78, 5) is 12.9. The monoisotopic (exact) mass is 283 g/mol. The number of ether oxygens (including phenoxy) is 1. The third kappa shape index (κ3) is 4.01. The number of nitrogens with zero attached hydrogens (tertiary/aromatic N) is 1. The van der Waals surface area contributed by atoms with Crippen molar-refractivity contribution < 1.29 is 13.9 Å². The minimum Gasteiger partial charge on any atom is -0.490 e. The van der Waals surface area contributed by atoms with Crippen LogP contribution in [-0.4, -0.2) is 25.1 Å². The highest BCUT2D eigenvalue weighted by Crippen LogP contribution is 2.32. The van der Waals surface area contributed by atoms with Gasteiger partial charge in [0.15, 0.2) is 11.6 Å². The van der Waals surface area contributed by atoms with Crippen LogP contribution in [0.15, 0.2) is 12.1 Å². The lowest BCUT2D eigenvalue weighted by molar-refractivity contribution is -0.116. The van der Waals surface area contributed by atoms with Crippen molar-refractivity contribution in [1.82, 2.24) is 0 Å². The van der Waals surface area contributed by atoms with E-state index in [1.807, 2.05) is 20.8 Å². The highest BCUT2D eigenvalue weighted by atomic mass is 19.1. The van der Waals surface area contributed by atoms with Gasteiger partial charge in [0, 0.05) is 18.2 Å². The predicted octanol–water partition coefficient (Wildman–Crippen LogP) is 1.90. The number of anilines is 2. The number of hydrogen-bond acceptors (Lipinski definition) is 4. The van der Waals surface area contributed by atoms with E-state index >= 15 is 0 Å². The molecule has 0 atom stereocenters. The Morgan fingerprint density at radius 1 is 1.45 bits per heavy atom. The number of amides is 1. The summed E-state index contributed by atoms with van der Waals surface area (Å²) in [5, 5.41) is 0. The minimum atomic E-state index is -0.512. The molecule has 6 heteroatoms. The molecular weight excluding hydrogens is 261 g/mol. The van der Waals surface area contributed by atoms with E-state index in [0.717, 1.165) is 6.42 Å². The van der Waals surface area contributed by atoms with Gasteiger partial charge in [0.2, 0.25) is 5.91 Å². The van der Waals surface area contributed by atoms with Crippen molar-refractivity contribution in [3.63, 3.8) is 0 Å². The Labute approximate surface area is 118 Å². The molecule has 0 heterocycles. The van der Waals surface area contributed by atoms with Crippen LogP contribution in [0.5, 0.6) is 5.75 Å². The highest BCUT2D eigenvalue weighted by molar-refractivity contribution is 5.82. The number of halogens is 1. The second kappa shape index (κ2) is 6.98. The first-order valence-electron chi connectivity index (χ1n) is 6.63. The van der Waals surface area contributed by atoms with Gasteiger partial charge in [0.25, 0.3) is 0 Å². The maximum absolute atomic E-state index is 13.8. The third-order valence-electron chi connectivity index (χ3n) is 2.80. The summed E-state index contributed by atoms with van der Waals surface area (Å²) < 4.78 is 19.1. The molecule has 1 aromatic carbocycles. The molecule has 4 N–H and O–H groups in total. The van der Waals surface area contributed by atoms with Crippen molar-refractivity contribution in [3.05, 3.63) is 17.9 Å². The molecule has 1 amide bonds. The second-order valence-corrected chi connectivity index (χ2v) is 4.88. The van der Waals surface area contributed by atoms with Gasteiger partial charge in [-0.1, -0.05) is 6.92 Å². The van der Waals surface area contributed by atoms with Gasteiger partial charge in [-0.15, -0.1) is 0 Å². The van der Waals surface area contributed by atoms with Gasteiger partial charge in [0.05, 0.1) is 24.5 Å². The lowest BCUT2D eigenvalue weighted by atomic mass is 10.2. The Morgan fingerprint density at radius 2 is 2.10 bits per heavy atom. The molecule has 1 aromatic rings. The van der Waals surface area contributed by atoms with Crippen LogP contribution in [0.4, 0.5) is 15.8 Å². The standard InChI is InChI=1S/C14H22FN3O2/c1-4-5-20-13-7-12(11(16)6-10(13)15)18(9(2)3)8-14(17)19/h6-7,9H,4-5,8,16H2,1-3H3,(H2,17,19). The molecule has 0 unspecified atom stereocenters. The maximum Gasteiger partial charge on any atom is 0.236 e. The van der Waals surface area contributed by atoms with E-state index < -0.39 is 11.7 Å². The first kappa shape index (κ1) is 16.1. The lowest BCUT2D eigenvalue weighted by Crippen LogP contribution is -2.39. The molecule has 1 rings (SSSR count). The summed E-state index contributed by atoms with van der Waals surface area (Å²) in [5.41, 5.74) is 11.9. The third-order valence-corrected chi connectivity index (χ3v) is 2.80. The molecule has 0 fully saturated rings. The molecule has 5 nitrogen and oxygen atoms in total. The Bertz CT molecular complexity index is 478. The van der Waals surface area contributed by atoms with Gasteiger partial charge in [-0.3, -0.25) is 4.79 Å². The Morgan fingerprint density at radius 3 is 2.60 bits per heavy atom. The zero-order chi connectivity index (χ0) is 15.3. The van der Waals surface area contributed by atoms with E-state index in [4.69, 9.17) is 16.2 Å². The van der Waals surface area contributed by atoms with Crippen molar-refractivity contribution in [2.75, 3.05) is 23.8 Å². The van der Waals surface area contributed by atoms with E-state index in [1.54, 1.807) is 4.90 Å². The summed E-state index contributed by atoms with van der Waals surface area (Å²) in [6.07, 6.45) is 0.772. The largest absolute Gasteiger partial charge is 0.490 e. The molecule has 0 spiro atoms. The molecule has 0 aromatic heterocycles. The summed E-state index contributed by atoms with van der Waals surface area (Å²) in [6, 6.07) is 2.72. The van der Waals surface area contributed by atoms with Crippen molar-refractivity contribution in [2.45, 2.75) is 33.2 Å². The Hall–Kier alpha value is -1.98.